The number of carbonyl (C=O) groups excluding carboxylic acids is 2. The number of nitrogens with one attached hydrogen (secondary N) is 2. The molecule has 0 heterocycles. The van der Waals surface area contributed by atoms with E-state index in [2.05, 4.69) is 10.6 Å². The fourth-order valence-corrected chi connectivity index (χ4v) is 1.82. The van der Waals surface area contributed by atoms with E-state index in [0.29, 0.717) is 5.75 Å². The second kappa shape index (κ2) is 8.35. The Balaban J connectivity index is 2.46. The number of para-hydroxylation sites is 1. The molecule has 1 aromatic rings. The third-order valence-electron chi connectivity index (χ3n) is 2.92. The Hall–Kier alpha value is -2.12. The van der Waals surface area contributed by atoms with Crippen LogP contribution in [-0.4, -0.2) is 49.9 Å². The van der Waals surface area contributed by atoms with Gasteiger partial charge in [0.15, 0.2) is 0 Å². The minimum atomic E-state index is -1.23. The minimum Gasteiger partial charge on any atom is -0.496 e. The quantitative estimate of drug-likeness (QED) is 0.607. The summed E-state index contributed by atoms with van der Waals surface area (Å²) in [5.74, 6) is -0.961. The van der Waals surface area contributed by atoms with Crippen molar-refractivity contribution in [3.05, 3.63) is 29.8 Å². The molecule has 2 amide bonds. The lowest BCUT2D eigenvalue weighted by molar-refractivity contribution is -0.140. The summed E-state index contributed by atoms with van der Waals surface area (Å²) >= 11 is 0. The number of rotatable bonds is 7. The van der Waals surface area contributed by atoms with Crippen molar-refractivity contribution in [1.29, 1.82) is 0 Å². The zero-order chi connectivity index (χ0) is 16.6. The first-order valence-electron chi connectivity index (χ1n) is 6.79. The van der Waals surface area contributed by atoms with Crippen molar-refractivity contribution in [1.82, 2.24) is 10.6 Å². The number of hydrogen-bond donors (Lipinski definition) is 3. The van der Waals surface area contributed by atoms with Crippen molar-refractivity contribution < 1.29 is 24.2 Å². The Labute approximate surface area is 129 Å². The van der Waals surface area contributed by atoms with Gasteiger partial charge in [0.25, 0.3) is 0 Å². The Morgan fingerprint density at radius 2 is 1.82 bits per heavy atom. The van der Waals surface area contributed by atoms with Gasteiger partial charge in [0.2, 0.25) is 0 Å². The monoisotopic (exact) mass is 310 g/mol. The third kappa shape index (κ3) is 5.71. The molecule has 0 aliphatic heterocycles. The molecule has 22 heavy (non-hydrogen) atoms. The van der Waals surface area contributed by atoms with E-state index in [4.69, 9.17) is 9.47 Å². The van der Waals surface area contributed by atoms with E-state index >= 15 is 0 Å². The Bertz CT molecular complexity index is 516. The van der Waals surface area contributed by atoms with Crippen molar-refractivity contribution in [2.45, 2.75) is 19.1 Å². The summed E-state index contributed by atoms with van der Waals surface area (Å²) in [7, 11) is 2.97. The lowest BCUT2D eigenvalue weighted by atomic mass is 10.1. The molecule has 0 spiro atoms. The fourth-order valence-electron chi connectivity index (χ4n) is 1.82. The average molecular weight is 310 g/mol. The van der Waals surface area contributed by atoms with Crippen LogP contribution in [0.5, 0.6) is 5.75 Å². The van der Waals surface area contributed by atoms with Gasteiger partial charge in [-0.2, -0.15) is 0 Å². The van der Waals surface area contributed by atoms with E-state index in [9.17, 15) is 14.7 Å². The molecule has 1 aromatic carbocycles. The van der Waals surface area contributed by atoms with Gasteiger partial charge in [-0.15, -0.1) is 0 Å². The molecule has 0 bridgehead atoms. The lowest BCUT2D eigenvalue weighted by Gasteiger charge is -2.22. The molecule has 122 valence electrons. The van der Waals surface area contributed by atoms with Crippen LogP contribution in [0.4, 0.5) is 0 Å². The van der Waals surface area contributed by atoms with Gasteiger partial charge >= 0.3 is 11.8 Å². The molecule has 0 fully saturated rings. The normalized spacial score (nSPS) is 13.1. The van der Waals surface area contributed by atoms with Crippen molar-refractivity contribution in [3.63, 3.8) is 0 Å². The highest BCUT2D eigenvalue weighted by Gasteiger charge is 2.23. The first kappa shape index (κ1) is 17.9. The van der Waals surface area contributed by atoms with E-state index in [0.717, 1.165) is 5.56 Å². The summed E-state index contributed by atoms with van der Waals surface area (Å²) in [5.41, 5.74) is -0.467. The number of aliphatic hydroxyl groups is 1. The molecule has 0 aliphatic carbocycles. The molecule has 0 saturated carbocycles. The topological polar surface area (TPSA) is 96.9 Å². The van der Waals surface area contributed by atoms with Crippen molar-refractivity contribution in [3.8, 4) is 5.75 Å². The summed E-state index contributed by atoms with van der Waals surface area (Å²) in [6.45, 7) is 1.64. The number of benzene rings is 1. The van der Waals surface area contributed by atoms with Crippen LogP contribution in [0.1, 0.15) is 12.5 Å². The highest BCUT2D eigenvalue weighted by atomic mass is 16.5. The Morgan fingerprint density at radius 3 is 2.45 bits per heavy atom. The number of ether oxygens (including phenoxy) is 2. The van der Waals surface area contributed by atoms with E-state index in [-0.39, 0.29) is 19.7 Å². The minimum absolute atomic E-state index is 0.0517. The molecule has 7 nitrogen and oxygen atoms in total. The van der Waals surface area contributed by atoms with E-state index < -0.39 is 17.4 Å². The smallest absolute Gasteiger partial charge is 0.309 e. The zero-order valence-corrected chi connectivity index (χ0v) is 13.0. The molecular formula is C15H22N2O5. The largest absolute Gasteiger partial charge is 0.496 e. The van der Waals surface area contributed by atoms with Crippen LogP contribution in [0.25, 0.3) is 0 Å². The van der Waals surface area contributed by atoms with Crippen LogP contribution < -0.4 is 15.4 Å². The molecule has 1 atom stereocenters. The van der Waals surface area contributed by atoms with E-state index in [1.807, 2.05) is 12.1 Å². The molecule has 0 radical (unpaired) electrons. The highest BCUT2D eigenvalue weighted by molar-refractivity contribution is 6.35. The van der Waals surface area contributed by atoms with E-state index in [1.165, 1.54) is 21.1 Å². The van der Waals surface area contributed by atoms with Crippen LogP contribution >= 0.6 is 0 Å². The van der Waals surface area contributed by atoms with Crippen LogP contribution in [0.2, 0.25) is 0 Å². The third-order valence-corrected chi connectivity index (χ3v) is 2.92. The van der Waals surface area contributed by atoms with Crippen molar-refractivity contribution in [2.75, 3.05) is 27.4 Å². The highest BCUT2D eigenvalue weighted by Crippen LogP contribution is 2.16. The predicted molar refractivity (Wildman–Crippen MR) is 80.4 cm³/mol. The van der Waals surface area contributed by atoms with Gasteiger partial charge in [0, 0.05) is 25.8 Å². The summed E-state index contributed by atoms with van der Waals surface area (Å²) in [4.78, 5) is 23.4. The molecule has 0 aliphatic rings. The average Bonchev–Trinajstić information content (AvgIpc) is 2.50. The lowest BCUT2D eigenvalue weighted by Crippen LogP contribution is -2.48. The first-order chi connectivity index (χ1) is 10.4. The van der Waals surface area contributed by atoms with Gasteiger partial charge in [-0.1, -0.05) is 18.2 Å². The Morgan fingerprint density at radius 1 is 1.18 bits per heavy atom. The molecule has 0 aromatic heterocycles. The van der Waals surface area contributed by atoms with Gasteiger partial charge in [-0.05, 0) is 13.0 Å². The second-order valence-electron chi connectivity index (χ2n) is 5.11. The summed E-state index contributed by atoms with van der Waals surface area (Å²) in [5, 5.41) is 14.7. The maximum atomic E-state index is 11.7. The standard InChI is InChI=1S/C15H22N2O5/c1-15(20,10-21-2)9-17-14(19)13(18)16-8-11-6-4-5-7-12(11)22-3/h4-7,20H,8-10H2,1-3H3,(H,16,18)(H,17,19)/t15-/m1/s1. The summed E-state index contributed by atoms with van der Waals surface area (Å²) in [6, 6.07) is 7.19. The molecule has 0 unspecified atom stereocenters. The molecule has 0 saturated heterocycles. The number of amides is 2. The van der Waals surface area contributed by atoms with Gasteiger partial charge in [0.1, 0.15) is 11.4 Å². The number of carbonyl (C=O) groups is 2. The molecule has 3 N–H and O–H groups in total. The van der Waals surface area contributed by atoms with Gasteiger partial charge in [-0.3, -0.25) is 9.59 Å². The van der Waals surface area contributed by atoms with Crippen LogP contribution in [0.3, 0.4) is 0 Å². The molecule has 1 rings (SSSR count). The molecular weight excluding hydrogens is 288 g/mol. The SMILES string of the molecule is COC[C@](C)(O)CNC(=O)C(=O)NCc1ccccc1OC. The van der Waals surface area contributed by atoms with Gasteiger partial charge < -0.3 is 25.2 Å². The zero-order valence-electron chi connectivity index (χ0n) is 13.0. The Kier molecular flexibility index (Phi) is 6.81. The van der Waals surface area contributed by atoms with E-state index in [1.54, 1.807) is 12.1 Å². The van der Waals surface area contributed by atoms with Crippen LogP contribution in [0.15, 0.2) is 24.3 Å². The fraction of sp³-hybridized carbons (Fsp3) is 0.467. The van der Waals surface area contributed by atoms with Crippen LogP contribution in [-0.2, 0) is 20.9 Å². The van der Waals surface area contributed by atoms with Gasteiger partial charge in [0.05, 0.1) is 13.7 Å². The maximum Gasteiger partial charge on any atom is 0.309 e. The predicted octanol–water partition coefficient (Wildman–Crippen LogP) is -0.175. The number of methoxy groups -OCH3 is 2. The van der Waals surface area contributed by atoms with Gasteiger partial charge in [-0.25, -0.2) is 0 Å². The first-order valence-corrected chi connectivity index (χ1v) is 6.79. The van der Waals surface area contributed by atoms with Crippen LogP contribution in [0, 0.1) is 0 Å². The second-order valence-corrected chi connectivity index (χ2v) is 5.11. The van der Waals surface area contributed by atoms with Crippen molar-refractivity contribution in [2.24, 2.45) is 0 Å². The maximum absolute atomic E-state index is 11.7. The molecule has 7 heteroatoms. The van der Waals surface area contributed by atoms with Crippen molar-refractivity contribution >= 4 is 11.8 Å². The summed E-state index contributed by atoms with van der Waals surface area (Å²) < 4.78 is 9.97. The summed E-state index contributed by atoms with van der Waals surface area (Å²) in [6.07, 6.45) is 0. The number of hydrogen-bond acceptors (Lipinski definition) is 5.